The first-order chi connectivity index (χ1) is 14.7. The van der Waals surface area contributed by atoms with Crippen molar-refractivity contribution in [3.05, 3.63) is 66.5 Å². The summed E-state index contributed by atoms with van der Waals surface area (Å²) in [4.78, 5) is 30.6. The number of piperazine rings is 1. The van der Waals surface area contributed by atoms with Crippen molar-refractivity contribution in [1.29, 1.82) is 0 Å². The molecule has 3 heterocycles. The molecule has 0 unspecified atom stereocenters. The Hall–Kier alpha value is -3.74. The van der Waals surface area contributed by atoms with E-state index in [0.717, 1.165) is 21.7 Å². The second-order valence-corrected chi connectivity index (χ2v) is 7.22. The number of anilines is 1. The van der Waals surface area contributed by atoms with Crippen LogP contribution >= 0.6 is 0 Å². The highest BCUT2D eigenvalue weighted by molar-refractivity contribution is 6.15. The fourth-order valence-corrected chi connectivity index (χ4v) is 3.97. The third kappa shape index (κ3) is 3.18. The fraction of sp³-hybridized carbons (Fsp3) is 0.217. The van der Waals surface area contributed by atoms with Gasteiger partial charge in [0.15, 0.2) is 0 Å². The summed E-state index contributed by atoms with van der Waals surface area (Å²) in [5.41, 5.74) is 1.40. The van der Waals surface area contributed by atoms with Gasteiger partial charge in [-0.05, 0) is 22.9 Å². The third-order valence-corrected chi connectivity index (χ3v) is 5.52. The van der Waals surface area contributed by atoms with E-state index in [0.29, 0.717) is 43.6 Å². The van der Waals surface area contributed by atoms with Crippen molar-refractivity contribution >= 4 is 33.5 Å². The lowest BCUT2D eigenvalue weighted by Gasteiger charge is -2.35. The summed E-state index contributed by atoms with van der Waals surface area (Å²) in [7, 11) is 1.59. The van der Waals surface area contributed by atoms with E-state index >= 15 is 0 Å². The summed E-state index contributed by atoms with van der Waals surface area (Å²) < 4.78 is 5.19. The Morgan fingerprint density at radius 3 is 2.57 bits per heavy atom. The maximum Gasteiger partial charge on any atom is 0.256 e. The molecular formula is C23H21N5O2. The van der Waals surface area contributed by atoms with Gasteiger partial charge in [0.25, 0.3) is 5.91 Å². The molecular weight excluding hydrogens is 378 g/mol. The summed E-state index contributed by atoms with van der Waals surface area (Å²) >= 11 is 0. The molecule has 0 bridgehead atoms. The third-order valence-electron chi connectivity index (χ3n) is 5.52. The summed E-state index contributed by atoms with van der Waals surface area (Å²) in [6.45, 7) is 2.52. The topological polar surface area (TPSA) is 71.5 Å². The van der Waals surface area contributed by atoms with Crippen LogP contribution in [0.15, 0.2) is 60.9 Å². The maximum atomic E-state index is 13.4. The second-order valence-electron chi connectivity index (χ2n) is 7.22. The Morgan fingerprint density at radius 1 is 0.933 bits per heavy atom. The first kappa shape index (κ1) is 18.3. The molecule has 1 saturated heterocycles. The molecule has 1 aliphatic rings. The molecule has 2 aromatic heterocycles. The number of hydrogen-bond donors (Lipinski definition) is 0. The van der Waals surface area contributed by atoms with Gasteiger partial charge < -0.3 is 14.5 Å². The number of ether oxygens (including phenoxy) is 1. The number of pyridine rings is 1. The highest BCUT2D eigenvalue weighted by Crippen LogP contribution is 2.28. The SMILES string of the molecule is COc1ccnc(N2CCN(C(=O)c3cc4ccccc4c4cccnc34)CC2)n1. The first-order valence-electron chi connectivity index (χ1n) is 9.92. The van der Waals surface area contributed by atoms with Gasteiger partial charge in [-0.1, -0.05) is 30.3 Å². The summed E-state index contributed by atoms with van der Waals surface area (Å²) in [5.74, 6) is 1.17. The molecule has 1 fully saturated rings. The van der Waals surface area contributed by atoms with Gasteiger partial charge >= 0.3 is 0 Å². The number of amides is 1. The van der Waals surface area contributed by atoms with Crippen LogP contribution in [-0.4, -0.2) is 59.0 Å². The van der Waals surface area contributed by atoms with Gasteiger partial charge in [0, 0.05) is 50.0 Å². The van der Waals surface area contributed by atoms with E-state index in [1.807, 2.05) is 41.3 Å². The highest BCUT2D eigenvalue weighted by atomic mass is 16.5. The van der Waals surface area contributed by atoms with E-state index < -0.39 is 0 Å². The van der Waals surface area contributed by atoms with Crippen LogP contribution in [0.3, 0.4) is 0 Å². The molecule has 1 aliphatic heterocycles. The number of benzene rings is 2. The highest BCUT2D eigenvalue weighted by Gasteiger charge is 2.25. The number of methoxy groups -OCH3 is 1. The van der Waals surface area contributed by atoms with E-state index in [9.17, 15) is 4.79 Å². The van der Waals surface area contributed by atoms with Crippen molar-refractivity contribution in [3.63, 3.8) is 0 Å². The fourth-order valence-electron chi connectivity index (χ4n) is 3.97. The Labute approximate surface area is 173 Å². The molecule has 2 aromatic carbocycles. The van der Waals surface area contributed by atoms with Gasteiger partial charge in [0.05, 0.1) is 18.2 Å². The lowest BCUT2D eigenvalue weighted by Crippen LogP contribution is -2.49. The van der Waals surface area contributed by atoms with Gasteiger partial charge in [-0.15, -0.1) is 0 Å². The second kappa shape index (κ2) is 7.59. The maximum absolute atomic E-state index is 13.4. The number of nitrogens with zero attached hydrogens (tertiary/aromatic N) is 5. The van der Waals surface area contributed by atoms with Crippen LogP contribution in [-0.2, 0) is 0 Å². The largest absolute Gasteiger partial charge is 0.481 e. The summed E-state index contributed by atoms with van der Waals surface area (Å²) in [6.07, 6.45) is 3.43. The number of fused-ring (bicyclic) bond motifs is 3. The Bertz CT molecular complexity index is 1230. The molecule has 7 heteroatoms. The van der Waals surface area contributed by atoms with Crippen LogP contribution in [0.1, 0.15) is 10.4 Å². The average molecular weight is 399 g/mol. The zero-order chi connectivity index (χ0) is 20.5. The molecule has 1 amide bonds. The monoisotopic (exact) mass is 399 g/mol. The number of carbonyl (C=O) groups is 1. The quantitative estimate of drug-likeness (QED) is 0.493. The summed E-state index contributed by atoms with van der Waals surface area (Å²) in [5, 5.41) is 3.16. The van der Waals surface area contributed by atoms with Crippen LogP contribution in [0.25, 0.3) is 21.7 Å². The minimum atomic E-state index is 0.00987. The van der Waals surface area contributed by atoms with Gasteiger partial charge in [0.1, 0.15) is 0 Å². The molecule has 0 aliphatic carbocycles. The van der Waals surface area contributed by atoms with Crippen molar-refractivity contribution in [2.24, 2.45) is 0 Å². The first-order valence-corrected chi connectivity index (χ1v) is 9.92. The van der Waals surface area contributed by atoms with Gasteiger partial charge in [-0.25, -0.2) is 4.98 Å². The molecule has 4 aromatic rings. The van der Waals surface area contributed by atoms with Crippen molar-refractivity contribution < 1.29 is 9.53 Å². The number of carbonyl (C=O) groups excluding carboxylic acids is 1. The van der Waals surface area contributed by atoms with E-state index in [1.165, 1.54) is 0 Å². The zero-order valence-electron chi connectivity index (χ0n) is 16.7. The molecule has 30 heavy (non-hydrogen) atoms. The zero-order valence-corrected chi connectivity index (χ0v) is 16.7. The van der Waals surface area contributed by atoms with Crippen LogP contribution in [0, 0.1) is 0 Å². The molecule has 0 N–H and O–H groups in total. The summed E-state index contributed by atoms with van der Waals surface area (Å²) in [6, 6.07) is 15.7. The van der Waals surface area contributed by atoms with Crippen LogP contribution in [0.2, 0.25) is 0 Å². The molecule has 0 atom stereocenters. The van der Waals surface area contributed by atoms with Gasteiger partial charge in [-0.3, -0.25) is 9.78 Å². The van der Waals surface area contributed by atoms with Crippen LogP contribution in [0.4, 0.5) is 5.95 Å². The minimum absolute atomic E-state index is 0.00987. The van der Waals surface area contributed by atoms with Crippen molar-refractivity contribution in [2.75, 3.05) is 38.2 Å². The molecule has 0 saturated carbocycles. The van der Waals surface area contributed by atoms with E-state index in [1.54, 1.807) is 25.6 Å². The molecule has 0 radical (unpaired) electrons. The Morgan fingerprint density at radius 2 is 1.73 bits per heavy atom. The average Bonchev–Trinajstić information content (AvgIpc) is 2.83. The van der Waals surface area contributed by atoms with Crippen molar-refractivity contribution in [1.82, 2.24) is 19.9 Å². The predicted molar refractivity (Wildman–Crippen MR) is 116 cm³/mol. The minimum Gasteiger partial charge on any atom is -0.481 e. The molecule has 0 spiro atoms. The molecule has 7 nitrogen and oxygen atoms in total. The van der Waals surface area contributed by atoms with Crippen molar-refractivity contribution in [2.45, 2.75) is 0 Å². The van der Waals surface area contributed by atoms with Crippen molar-refractivity contribution in [3.8, 4) is 5.88 Å². The lowest BCUT2D eigenvalue weighted by molar-refractivity contribution is 0.0748. The standard InChI is InChI=1S/C23H21N5O2/c1-30-20-8-10-25-23(26-20)28-13-11-27(12-14-28)22(29)19-15-16-5-2-3-6-17(16)18-7-4-9-24-21(18)19/h2-10,15H,11-14H2,1H3. The smallest absolute Gasteiger partial charge is 0.256 e. The molecule has 5 rings (SSSR count). The van der Waals surface area contributed by atoms with E-state index in [-0.39, 0.29) is 5.91 Å². The van der Waals surface area contributed by atoms with Gasteiger partial charge in [0.2, 0.25) is 11.8 Å². The Balaban J connectivity index is 1.42. The van der Waals surface area contributed by atoms with Gasteiger partial charge in [-0.2, -0.15) is 4.98 Å². The van der Waals surface area contributed by atoms with E-state index in [2.05, 4.69) is 25.9 Å². The number of rotatable bonds is 3. The predicted octanol–water partition coefficient (Wildman–Crippen LogP) is 3.15. The van der Waals surface area contributed by atoms with E-state index in [4.69, 9.17) is 4.74 Å². The Kier molecular flexibility index (Phi) is 4.63. The molecule has 150 valence electrons. The lowest BCUT2D eigenvalue weighted by atomic mass is 10.00. The normalized spacial score (nSPS) is 14.3. The number of aromatic nitrogens is 3. The van der Waals surface area contributed by atoms with Crippen LogP contribution < -0.4 is 9.64 Å². The van der Waals surface area contributed by atoms with Crippen LogP contribution in [0.5, 0.6) is 5.88 Å². The number of hydrogen-bond acceptors (Lipinski definition) is 6.